The van der Waals surface area contributed by atoms with Crippen LogP contribution < -0.4 is 0 Å². The highest BCUT2D eigenvalue weighted by atomic mass is 35.5. The standard InChI is InChI=1S/C13H11ClN4/c1-8-12-7-18(11-5-3-10(14)4-6-11)17-13(12)9(2)16-15-8/h3-7H,1-2H3. The second-order valence-corrected chi connectivity index (χ2v) is 4.62. The SMILES string of the molecule is Cc1nnc(C)c2nn(-c3ccc(Cl)cc3)cc12. The summed E-state index contributed by atoms with van der Waals surface area (Å²) in [4.78, 5) is 0. The molecule has 5 heteroatoms. The van der Waals surface area contributed by atoms with Gasteiger partial charge in [0.05, 0.1) is 17.1 Å². The molecule has 90 valence electrons. The minimum absolute atomic E-state index is 0.714. The number of aryl methyl sites for hydroxylation is 2. The number of hydrogen-bond acceptors (Lipinski definition) is 3. The van der Waals surface area contributed by atoms with E-state index in [0.29, 0.717) is 5.02 Å². The number of rotatable bonds is 1. The number of benzene rings is 1. The Kier molecular flexibility index (Phi) is 2.52. The minimum atomic E-state index is 0.714. The summed E-state index contributed by atoms with van der Waals surface area (Å²) >= 11 is 5.88. The lowest BCUT2D eigenvalue weighted by molar-refractivity contribution is 0.890. The molecule has 4 nitrogen and oxygen atoms in total. The van der Waals surface area contributed by atoms with Crippen molar-refractivity contribution in [1.29, 1.82) is 0 Å². The Hall–Kier alpha value is -1.94. The van der Waals surface area contributed by atoms with Gasteiger partial charge in [-0.25, -0.2) is 4.68 Å². The van der Waals surface area contributed by atoms with Crippen molar-refractivity contribution in [2.45, 2.75) is 13.8 Å². The summed E-state index contributed by atoms with van der Waals surface area (Å²) in [7, 11) is 0. The van der Waals surface area contributed by atoms with Gasteiger partial charge in [0.15, 0.2) is 0 Å². The molecule has 0 unspecified atom stereocenters. The average molecular weight is 259 g/mol. The zero-order valence-corrected chi connectivity index (χ0v) is 10.8. The van der Waals surface area contributed by atoms with Gasteiger partial charge in [0, 0.05) is 16.6 Å². The maximum atomic E-state index is 5.88. The van der Waals surface area contributed by atoms with Crippen LogP contribution >= 0.6 is 11.6 Å². The van der Waals surface area contributed by atoms with E-state index >= 15 is 0 Å². The summed E-state index contributed by atoms with van der Waals surface area (Å²) in [5.41, 5.74) is 3.57. The normalized spacial score (nSPS) is 11.1. The molecule has 0 aliphatic rings. The van der Waals surface area contributed by atoms with Gasteiger partial charge in [-0.3, -0.25) is 0 Å². The van der Waals surface area contributed by atoms with Crippen molar-refractivity contribution in [2.24, 2.45) is 0 Å². The van der Waals surface area contributed by atoms with Crippen LogP contribution in [0.5, 0.6) is 0 Å². The smallest absolute Gasteiger partial charge is 0.118 e. The third-order valence-electron chi connectivity index (χ3n) is 2.89. The average Bonchev–Trinajstić information content (AvgIpc) is 2.81. The second-order valence-electron chi connectivity index (χ2n) is 4.18. The third kappa shape index (κ3) is 1.75. The second kappa shape index (κ2) is 4.07. The molecule has 0 aliphatic heterocycles. The Morgan fingerprint density at radius 1 is 1.00 bits per heavy atom. The van der Waals surface area contributed by atoms with Crippen LogP contribution in [0.1, 0.15) is 11.4 Å². The van der Waals surface area contributed by atoms with Crippen LogP contribution in [-0.4, -0.2) is 20.0 Å². The van der Waals surface area contributed by atoms with Crippen LogP contribution in [0.3, 0.4) is 0 Å². The van der Waals surface area contributed by atoms with Crippen LogP contribution in [-0.2, 0) is 0 Å². The topological polar surface area (TPSA) is 43.6 Å². The zero-order valence-electron chi connectivity index (χ0n) is 10.1. The molecule has 0 N–H and O–H groups in total. The minimum Gasteiger partial charge on any atom is -0.240 e. The largest absolute Gasteiger partial charge is 0.240 e. The van der Waals surface area contributed by atoms with Crippen LogP contribution in [0.25, 0.3) is 16.6 Å². The Bertz CT molecular complexity index is 677. The molecule has 18 heavy (non-hydrogen) atoms. The number of nitrogens with zero attached hydrogens (tertiary/aromatic N) is 4. The van der Waals surface area contributed by atoms with Crippen LogP contribution in [0.2, 0.25) is 5.02 Å². The molecule has 0 saturated heterocycles. The van der Waals surface area contributed by atoms with Crippen molar-refractivity contribution in [3.05, 3.63) is 46.9 Å². The van der Waals surface area contributed by atoms with E-state index < -0.39 is 0 Å². The maximum absolute atomic E-state index is 5.88. The van der Waals surface area contributed by atoms with Crippen molar-refractivity contribution < 1.29 is 0 Å². The molecule has 0 bridgehead atoms. The van der Waals surface area contributed by atoms with E-state index in [2.05, 4.69) is 15.3 Å². The van der Waals surface area contributed by atoms with Gasteiger partial charge in [0.1, 0.15) is 5.52 Å². The van der Waals surface area contributed by atoms with Crippen molar-refractivity contribution in [3.8, 4) is 5.69 Å². The first-order chi connectivity index (χ1) is 8.65. The molecule has 0 amide bonds. The molecule has 0 fully saturated rings. The highest BCUT2D eigenvalue weighted by Gasteiger charge is 2.09. The van der Waals surface area contributed by atoms with E-state index in [-0.39, 0.29) is 0 Å². The van der Waals surface area contributed by atoms with Crippen LogP contribution in [0, 0.1) is 13.8 Å². The first kappa shape index (κ1) is 11.2. The van der Waals surface area contributed by atoms with E-state index in [1.165, 1.54) is 0 Å². The summed E-state index contributed by atoms with van der Waals surface area (Å²) in [6, 6.07) is 7.55. The predicted molar refractivity (Wildman–Crippen MR) is 71.1 cm³/mol. The van der Waals surface area contributed by atoms with Crippen molar-refractivity contribution in [1.82, 2.24) is 20.0 Å². The van der Waals surface area contributed by atoms with E-state index in [9.17, 15) is 0 Å². The first-order valence-electron chi connectivity index (χ1n) is 5.60. The van der Waals surface area contributed by atoms with Gasteiger partial charge >= 0.3 is 0 Å². The third-order valence-corrected chi connectivity index (χ3v) is 3.14. The molecule has 2 aromatic heterocycles. The fourth-order valence-corrected chi connectivity index (χ4v) is 2.01. The summed E-state index contributed by atoms with van der Waals surface area (Å²) in [5, 5.41) is 14.5. The maximum Gasteiger partial charge on any atom is 0.118 e. The first-order valence-corrected chi connectivity index (χ1v) is 5.98. The van der Waals surface area contributed by atoms with Gasteiger partial charge in [-0.15, -0.1) is 0 Å². The fraction of sp³-hybridized carbons (Fsp3) is 0.154. The lowest BCUT2D eigenvalue weighted by Crippen LogP contribution is -1.94. The van der Waals surface area contributed by atoms with E-state index in [1.54, 1.807) is 0 Å². The number of aromatic nitrogens is 4. The lowest BCUT2D eigenvalue weighted by atomic mass is 10.2. The predicted octanol–water partition coefficient (Wildman–Crippen LogP) is 3.09. The van der Waals surface area contributed by atoms with Gasteiger partial charge in [-0.05, 0) is 38.1 Å². The molecule has 0 atom stereocenters. The molecule has 3 aromatic rings. The molecule has 1 aromatic carbocycles. The number of halogens is 1. The van der Waals surface area contributed by atoms with Crippen molar-refractivity contribution >= 4 is 22.5 Å². The Morgan fingerprint density at radius 2 is 1.67 bits per heavy atom. The quantitative estimate of drug-likeness (QED) is 0.674. The molecule has 0 spiro atoms. The van der Waals surface area contributed by atoms with Gasteiger partial charge in [-0.1, -0.05) is 11.6 Å². The van der Waals surface area contributed by atoms with Crippen LogP contribution in [0.4, 0.5) is 0 Å². The Morgan fingerprint density at radius 3 is 2.33 bits per heavy atom. The summed E-state index contributed by atoms with van der Waals surface area (Å²) < 4.78 is 1.82. The Labute approximate surface area is 109 Å². The summed E-state index contributed by atoms with van der Waals surface area (Å²) in [6.07, 6.45) is 1.97. The number of fused-ring (bicyclic) bond motifs is 1. The van der Waals surface area contributed by atoms with Crippen LogP contribution in [0.15, 0.2) is 30.5 Å². The highest BCUT2D eigenvalue weighted by molar-refractivity contribution is 6.30. The number of hydrogen-bond donors (Lipinski definition) is 0. The van der Waals surface area contributed by atoms with E-state index in [0.717, 1.165) is 28.0 Å². The lowest BCUT2D eigenvalue weighted by Gasteiger charge is -1.99. The Balaban J connectivity index is 2.22. The molecular weight excluding hydrogens is 248 g/mol. The summed E-state index contributed by atoms with van der Waals surface area (Å²) in [5.74, 6) is 0. The van der Waals surface area contributed by atoms with Gasteiger partial charge in [0.2, 0.25) is 0 Å². The zero-order chi connectivity index (χ0) is 12.7. The highest BCUT2D eigenvalue weighted by Crippen LogP contribution is 2.20. The van der Waals surface area contributed by atoms with Gasteiger partial charge in [-0.2, -0.15) is 15.3 Å². The fourth-order valence-electron chi connectivity index (χ4n) is 1.88. The molecule has 0 radical (unpaired) electrons. The van der Waals surface area contributed by atoms with Crippen molar-refractivity contribution in [2.75, 3.05) is 0 Å². The van der Waals surface area contributed by atoms with E-state index in [1.807, 2.05) is 49.0 Å². The molecular formula is C13H11ClN4. The molecule has 3 rings (SSSR count). The summed E-state index contributed by atoms with van der Waals surface area (Å²) in [6.45, 7) is 3.84. The monoisotopic (exact) mass is 258 g/mol. The molecule has 0 saturated carbocycles. The van der Waals surface area contributed by atoms with Crippen molar-refractivity contribution in [3.63, 3.8) is 0 Å². The molecule has 0 aliphatic carbocycles. The van der Waals surface area contributed by atoms with E-state index in [4.69, 9.17) is 11.6 Å². The van der Waals surface area contributed by atoms with Gasteiger partial charge in [0.25, 0.3) is 0 Å². The molecule has 2 heterocycles. The van der Waals surface area contributed by atoms with Gasteiger partial charge < -0.3 is 0 Å².